The second kappa shape index (κ2) is 5.69. The van der Waals surface area contributed by atoms with Crippen LogP contribution in [0.2, 0.25) is 0 Å². The first-order valence-electron chi connectivity index (χ1n) is 6.82. The van der Waals surface area contributed by atoms with Gasteiger partial charge in [-0.1, -0.05) is 0 Å². The summed E-state index contributed by atoms with van der Waals surface area (Å²) in [6.07, 6.45) is 4.17. The first kappa shape index (κ1) is 15.2. The summed E-state index contributed by atoms with van der Waals surface area (Å²) in [5, 5.41) is 9.20. The summed E-state index contributed by atoms with van der Waals surface area (Å²) < 4.78 is 24.6. The van der Waals surface area contributed by atoms with E-state index in [1.54, 1.807) is 0 Å². The van der Waals surface area contributed by atoms with Crippen molar-refractivity contribution in [1.82, 2.24) is 9.21 Å². The number of nitrogens with zero attached hydrogens (tertiary/aromatic N) is 2. The highest BCUT2D eigenvalue weighted by atomic mass is 32.2. The average molecular weight is 304 g/mol. The number of carboxylic acids is 1. The molecule has 0 saturated carbocycles. The third kappa shape index (κ3) is 2.95. The van der Waals surface area contributed by atoms with E-state index >= 15 is 0 Å². The smallest absolute Gasteiger partial charge is 0.326 e. The number of sulfonamides is 1. The summed E-state index contributed by atoms with van der Waals surface area (Å²) in [5.74, 6) is -1.37. The fourth-order valence-electron chi connectivity index (χ4n) is 3.03. The van der Waals surface area contributed by atoms with Crippen LogP contribution in [0, 0.1) is 0 Å². The molecule has 7 nitrogen and oxygen atoms in total. The van der Waals surface area contributed by atoms with Crippen molar-refractivity contribution in [2.75, 3.05) is 19.3 Å². The summed E-state index contributed by atoms with van der Waals surface area (Å²) in [6.45, 7) is 0.727. The molecule has 2 aliphatic rings. The quantitative estimate of drug-likeness (QED) is 0.784. The molecule has 0 aromatic rings. The Labute approximate surface area is 118 Å². The minimum Gasteiger partial charge on any atom is -0.480 e. The monoisotopic (exact) mass is 304 g/mol. The molecule has 0 radical (unpaired) electrons. The van der Waals surface area contributed by atoms with Crippen LogP contribution in [0.25, 0.3) is 0 Å². The fraction of sp³-hybridized carbons (Fsp3) is 0.833. The van der Waals surface area contributed by atoms with E-state index in [0.717, 1.165) is 19.1 Å². The molecule has 2 atom stereocenters. The number of carbonyl (C=O) groups is 2. The van der Waals surface area contributed by atoms with Crippen LogP contribution in [0.3, 0.4) is 0 Å². The zero-order valence-corrected chi connectivity index (χ0v) is 12.3. The van der Waals surface area contributed by atoms with Crippen LogP contribution in [0.1, 0.15) is 32.1 Å². The minimum atomic E-state index is -3.43. The van der Waals surface area contributed by atoms with E-state index < -0.39 is 28.1 Å². The molecule has 2 fully saturated rings. The molecule has 2 rings (SSSR count). The van der Waals surface area contributed by atoms with E-state index in [1.807, 2.05) is 0 Å². The summed E-state index contributed by atoms with van der Waals surface area (Å²) in [5.41, 5.74) is 0. The summed E-state index contributed by atoms with van der Waals surface area (Å²) in [4.78, 5) is 25.1. The van der Waals surface area contributed by atoms with Gasteiger partial charge in [0.2, 0.25) is 15.9 Å². The second-order valence-electron chi connectivity index (χ2n) is 5.41. The van der Waals surface area contributed by atoms with E-state index in [9.17, 15) is 23.1 Å². The number of likely N-dealkylation sites (tertiary alicyclic amines) is 1. The van der Waals surface area contributed by atoms with Gasteiger partial charge in [-0.2, -0.15) is 4.31 Å². The molecule has 0 aromatic carbocycles. The standard InChI is InChI=1S/C12H20N2O5S/c1-20(18,19)14-8-4-6-9(14)11(15)13-7-3-2-5-10(13)12(16)17/h9-10H,2-8H2,1H3,(H,16,17)/t9?,10-/m1/s1. The first-order valence-corrected chi connectivity index (χ1v) is 8.67. The number of hydrogen-bond acceptors (Lipinski definition) is 4. The maximum atomic E-state index is 12.5. The van der Waals surface area contributed by atoms with Crippen LogP contribution in [0.5, 0.6) is 0 Å². The summed E-state index contributed by atoms with van der Waals surface area (Å²) in [6, 6.07) is -1.55. The molecule has 1 N–H and O–H groups in total. The highest BCUT2D eigenvalue weighted by molar-refractivity contribution is 7.88. The van der Waals surface area contributed by atoms with Crippen LogP contribution in [0.15, 0.2) is 0 Å². The highest BCUT2D eigenvalue weighted by Crippen LogP contribution is 2.26. The molecule has 1 amide bonds. The van der Waals surface area contributed by atoms with Gasteiger partial charge in [0, 0.05) is 13.1 Å². The van der Waals surface area contributed by atoms with Crippen molar-refractivity contribution >= 4 is 21.9 Å². The Balaban J connectivity index is 2.19. The Kier molecular flexibility index (Phi) is 4.33. The number of hydrogen-bond donors (Lipinski definition) is 1. The number of rotatable bonds is 3. The number of piperidine rings is 1. The zero-order chi connectivity index (χ0) is 14.9. The van der Waals surface area contributed by atoms with E-state index in [2.05, 4.69) is 0 Å². The van der Waals surface area contributed by atoms with Gasteiger partial charge in [-0.05, 0) is 32.1 Å². The molecule has 0 aliphatic carbocycles. The largest absolute Gasteiger partial charge is 0.480 e. The number of aliphatic carboxylic acids is 1. The van der Waals surface area contributed by atoms with Gasteiger partial charge in [0.1, 0.15) is 12.1 Å². The van der Waals surface area contributed by atoms with Gasteiger partial charge in [-0.3, -0.25) is 4.79 Å². The lowest BCUT2D eigenvalue weighted by molar-refractivity contribution is -0.153. The van der Waals surface area contributed by atoms with E-state index in [4.69, 9.17) is 0 Å². The van der Waals surface area contributed by atoms with Crippen molar-refractivity contribution in [3.05, 3.63) is 0 Å². The number of amides is 1. The van der Waals surface area contributed by atoms with Gasteiger partial charge in [-0.15, -0.1) is 0 Å². The Morgan fingerprint density at radius 2 is 1.70 bits per heavy atom. The van der Waals surface area contributed by atoms with Crippen LogP contribution >= 0.6 is 0 Å². The van der Waals surface area contributed by atoms with Crippen molar-refractivity contribution in [1.29, 1.82) is 0 Å². The molecule has 2 saturated heterocycles. The lowest BCUT2D eigenvalue weighted by Crippen LogP contribution is -2.54. The van der Waals surface area contributed by atoms with Crippen molar-refractivity contribution in [3.63, 3.8) is 0 Å². The van der Waals surface area contributed by atoms with Gasteiger partial charge < -0.3 is 10.0 Å². The lowest BCUT2D eigenvalue weighted by atomic mass is 10.0. The topological polar surface area (TPSA) is 95.0 Å². The fourth-order valence-corrected chi connectivity index (χ4v) is 4.15. The van der Waals surface area contributed by atoms with E-state index in [1.165, 1.54) is 9.21 Å². The van der Waals surface area contributed by atoms with E-state index in [0.29, 0.717) is 32.4 Å². The van der Waals surface area contributed by atoms with Gasteiger partial charge in [-0.25, -0.2) is 13.2 Å². The van der Waals surface area contributed by atoms with E-state index in [-0.39, 0.29) is 5.91 Å². The Morgan fingerprint density at radius 1 is 1.05 bits per heavy atom. The molecular weight excluding hydrogens is 284 g/mol. The summed E-state index contributed by atoms with van der Waals surface area (Å²) >= 11 is 0. The van der Waals surface area contributed by atoms with Crippen molar-refractivity contribution < 1.29 is 23.1 Å². The van der Waals surface area contributed by atoms with Gasteiger partial charge in [0.05, 0.1) is 6.26 Å². The van der Waals surface area contributed by atoms with Gasteiger partial charge >= 0.3 is 5.97 Å². The lowest BCUT2D eigenvalue weighted by Gasteiger charge is -2.36. The number of carboxylic acid groups (broad SMARTS) is 1. The molecular formula is C12H20N2O5S. The highest BCUT2D eigenvalue weighted by Gasteiger charge is 2.42. The molecule has 114 valence electrons. The molecule has 2 heterocycles. The summed E-state index contributed by atoms with van der Waals surface area (Å²) in [7, 11) is -3.43. The Morgan fingerprint density at radius 3 is 2.30 bits per heavy atom. The predicted molar refractivity (Wildman–Crippen MR) is 71.6 cm³/mol. The minimum absolute atomic E-state index is 0.334. The number of carbonyl (C=O) groups excluding carboxylic acids is 1. The molecule has 20 heavy (non-hydrogen) atoms. The van der Waals surface area contributed by atoms with Crippen LogP contribution in [-0.2, 0) is 19.6 Å². The maximum Gasteiger partial charge on any atom is 0.326 e. The molecule has 2 aliphatic heterocycles. The molecule has 0 bridgehead atoms. The SMILES string of the molecule is CS(=O)(=O)N1CCCC1C(=O)N1CCCC[C@@H]1C(=O)O. The van der Waals surface area contributed by atoms with Crippen LogP contribution in [0.4, 0.5) is 0 Å². The van der Waals surface area contributed by atoms with Crippen molar-refractivity contribution in [3.8, 4) is 0 Å². The predicted octanol–water partition coefficient (Wildman–Crippen LogP) is -0.124. The third-order valence-electron chi connectivity index (χ3n) is 3.99. The maximum absolute atomic E-state index is 12.5. The molecule has 0 aromatic heterocycles. The zero-order valence-electron chi connectivity index (χ0n) is 11.5. The average Bonchev–Trinajstić information content (AvgIpc) is 2.87. The normalized spacial score (nSPS) is 28.6. The first-order chi connectivity index (χ1) is 9.32. The van der Waals surface area contributed by atoms with Gasteiger partial charge in [0.25, 0.3) is 0 Å². The Bertz CT molecular complexity index is 504. The van der Waals surface area contributed by atoms with Crippen LogP contribution in [-0.4, -0.2) is 66.0 Å². The molecule has 8 heteroatoms. The van der Waals surface area contributed by atoms with Crippen molar-refractivity contribution in [2.45, 2.75) is 44.2 Å². The van der Waals surface area contributed by atoms with Crippen LogP contribution < -0.4 is 0 Å². The van der Waals surface area contributed by atoms with Crippen molar-refractivity contribution in [2.24, 2.45) is 0 Å². The molecule has 0 spiro atoms. The third-order valence-corrected chi connectivity index (χ3v) is 5.27. The molecule has 1 unspecified atom stereocenters. The second-order valence-corrected chi connectivity index (χ2v) is 7.35. The Hall–Kier alpha value is -1.15. The van der Waals surface area contributed by atoms with Gasteiger partial charge in [0.15, 0.2) is 0 Å².